The average Bonchev–Trinajstić information content (AvgIpc) is 2.53. The van der Waals surface area contributed by atoms with Crippen LogP contribution in [0.25, 0.3) is 0 Å². The van der Waals surface area contributed by atoms with Gasteiger partial charge in [0.2, 0.25) is 0 Å². The zero-order valence-corrected chi connectivity index (χ0v) is 15.6. The summed E-state index contributed by atoms with van der Waals surface area (Å²) < 4.78 is 0. The van der Waals surface area contributed by atoms with Crippen molar-refractivity contribution < 1.29 is 4.79 Å². The first kappa shape index (κ1) is 17.3. The summed E-state index contributed by atoms with van der Waals surface area (Å²) in [6.07, 6.45) is 2.95. The molecule has 1 saturated heterocycles. The summed E-state index contributed by atoms with van der Waals surface area (Å²) in [4.78, 5) is 18.0. The smallest absolute Gasteiger partial charge is 0.252 e. The minimum Gasteiger partial charge on any atom is -0.369 e. The van der Waals surface area contributed by atoms with Crippen LogP contribution >= 0.6 is 0 Å². The number of anilines is 2. The van der Waals surface area contributed by atoms with E-state index in [1.54, 1.807) is 0 Å². The van der Waals surface area contributed by atoms with Crippen molar-refractivity contribution in [2.24, 2.45) is 5.41 Å². The predicted molar refractivity (Wildman–Crippen MR) is 101 cm³/mol. The molecule has 1 aromatic carbocycles. The second kappa shape index (κ2) is 6.40. The molecular formula is C20H31N3O. The topological polar surface area (TPSA) is 35.6 Å². The number of hydrogen-bond donors (Lipinski definition) is 1. The lowest BCUT2D eigenvalue weighted by Gasteiger charge is -2.49. The van der Waals surface area contributed by atoms with Crippen molar-refractivity contribution in [1.82, 2.24) is 4.90 Å². The number of benzene rings is 1. The summed E-state index contributed by atoms with van der Waals surface area (Å²) in [5.74, 6) is 0.257. The lowest BCUT2D eigenvalue weighted by atomic mass is 9.82. The molecule has 1 aromatic rings. The fourth-order valence-electron chi connectivity index (χ4n) is 3.94. The molecule has 2 heterocycles. The maximum absolute atomic E-state index is 13.5. The Hall–Kier alpha value is -1.55. The van der Waals surface area contributed by atoms with Crippen LogP contribution in [0.2, 0.25) is 0 Å². The van der Waals surface area contributed by atoms with Crippen LogP contribution in [-0.4, -0.2) is 42.5 Å². The molecule has 132 valence electrons. The summed E-state index contributed by atoms with van der Waals surface area (Å²) in [6.45, 7) is 12.7. The first-order valence-electron chi connectivity index (χ1n) is 9.26. The molecule has 4 heteroatoms. The van der Waals surface area contributed by atoms with Crippen molar-refractivity contribution in [3.63, 3.8) is 0 Å². The molecule has 24 heavy (non-hydrogen) atoms. The number of likely N-dealkylation sites (tertiary alicyclic amines) is 1. The van der Waals surface area contributed by atoms with Crippen molar-refractivity contribution in [3.8, 4) is 0 Å². The van der Waals surface area contributed by atoms with Gasteiger partial charge in [-0.2, -0.15) is 0 Å². The fraction of sp³-hybridized carbons (Fsp3) is 0.650. The maximum atomic E-state index is 13.5. The number of hydrogen-bond acceptors (Lipinski definition) is 3. The van der Waals surface area contributed by atoms with Crippen LogP contribution in [0.3, 0.4) is 0 Å². The Bertz CT molecular complexity index is 597. The summed E-state index contributed by atoms with van der Waals surface area (Å²) in [5.41, 5.74) is 1.78. The number of nitrogens with one attached hydrogen (secondary N) is 1. The van der Waals surface area contributed by atoms with Gasteiger partial charge in [-0.25, -0.2) is 0 Å². The van der Waals surface area contributed by atoms with Gasteiger partial charge in [0.1, 0.15) is 5.54 Å². The van der Waals surface area contributed by atoms with E-state index in [9.17, 15) is 4.79 Å². The van der Waals surface area contributed by atoms with Crippen LogP contribution in [0, 0.1) is 5.41 Å². The van der Waals surface area contributed by atoms with Crippen LogP contribution < -0.4 is 10.2 Å². The molecule has 0 aromatic heterocycles. The van der Waals surface area contributed by atoms with Gasteiger partial charge in [0, 0.05) is 19.6 Å². The van der Waals surface area contributed by atoms with E-state index in [0.717, 1.165) is 50.4 Å². The van der Waals surface area contributed by atoms with Gasteiger partial charge in [-0.15, -0.1) is 0 Å². The Kier molecular flexibility index (Phi) is 4.60. The summed E-state index contributed by atoms with van der Waals surface area (Å²) in [5, 5.41) is 3.62. The van der Waals surface area contributed by atoms with Crippen molar-refractivity contribution >= 4 is 17.3 Å². The Morgan fingerprint density at radius 1 is 1.17 bits per heavy atom. The van der Waals surface area contributed by atoms with Crippen LogP contribution in [-0.2, 0) is 4.79 Å². The Labute approximate surface area is 146 Å². The zero-order valence-electron chi connectivity index (χ0n) is 15.6. The molecule has 1 spiro atoms. The number of carbonyl (C=O) groups is 1. The van der Waals surface area contributed by atoms with E-state index in [4.69, 9.17) is 0 Å². The van der Waals surface area contributed by atoms with Crippen molar-refractivity contribution in [3.05, 3.63) is 24.3 Å². The lowest BCUT2D eigenvalue weighted by molar-refractivity contribution is -0.125. The molecule has 3 rings (SSSR count). The molecule has 4 nitrogen and oxygen atoms in total. The Morgan fingerprint density at radius 3 is 2.46 bits per heavy atom. The highest BCUT2D eigenvalue weighted by Gasteiger charge is 2.48. The highest BCUT2D eigenvalue weighted by Crippen LogP contribution is 2.41. The number of carbonyl (C=O) groups excluding carboxylic acids is 1. The lowest BCUT2D eigenvalue weighted by Crippen LogP contribution is -2.62. The van der Waals surface area contributed by atoms with Crippen molar-refractivity contribution in [2.45, 2.75) is 52.5 Å². The van der Waals surface area contributed by atoms with Gasteiger partial charge in [0.15, 0.2) is 0 Å². The second-order valence-corrected chi connectivity index (χ2v) is 8.52. The number of piperidine rings is 1. The molecule has 2 aliphatic rings. The molecule has 0 aliphatic carbocycles. The molecule has 1 N–H and O–H groups in total. The van der Waals surface area contributed by atoms with Crippen LogP contribution in [0.4, 0.5) is 11.4 Å². The molecule has 2 aliphatic heterocycles. The second-order valence-electron chi connectivity index (χ2n) is 8.52. The summed E-state index contributed by atoms with van der Waals surface area (Å²) >= 11 is 0. The van der Waals surface area contributed by atoms with E-state index in [1.807, 2.05) is 11.0 Å². The van der Waals surface area contributed by atoms with E-state index in [1.165, 1.54) is 6.42 Å². The minimum atomic E-state index is -0.427. The maximum Gasteiger partial charge on any atom is 0.252 e. The molecule has 0 bridgehead atoms. The standard InChI is InChI=1S/C20H31N3O/c1-5-12-22-13-10-20(11-14-22)18(24)23(15-19(2,3)4)17-9-7-6-8-16(17)21-20/h6-9,21H,5,10-15H2,1-4H3. The SMILES string of the molecule is CCCN1CCC2(CC1)Nc1ccccc1N(CC(C)(C)C)C2=O. The van der Waals surface area contributed by atoms with Gasteiger partial charge < -0.3 is 15.1 Å². The molecule has 0 unspecified atom stereocenters. The molecule has 0 radical (unpaired) electrons. The van der Waals surface area contributed by atoms with Gasteiger partial charge in [0.25, 0.3) is 5.91 Å². The van der Waals surface area contributed by atoms with Crippen molar-refractivity contribution in [1.29, 1.82) is 0 Å². The van der Waals surface area contributed by atoms with Gasteiger partial charge in [-0.3, -0.25) is 4.79 Å². The van der Waals surface area contributed by atoms with Gasteiger partial charge in [-0.1, -0.05) is 39.8 Å². The van der Waals surface area contributed by atoms with E-state index >= 15 is 0 Å². The minimum absolute atomic E-state index is 0.0736. The number of fused-ring (bicyclic) bond motifs is 1. The first-order valence-corrected chi connectivity index (χ1v) is 9.26. The quantitative estimate of drug-likeness (QED) is 0.918. The normalized spacial score (nSPS) is 20.8. The molecule has 1 fully saturated rings. The van der Waals surface area contributed by atoms with Gasteiger partial charge >= 0.3 is 0 Å². The third-order valence-electron chi connectivity index (χ3n) is 5.11. The first-order chi connectivity index (χ1) is 11.3. The Balaban J connectivity index is 1.90. The van der Waals surface area contributed by atoms with E-state index in [-0.39, 0.29) is 11.3 Å². The van der Waals surface area contributed by atoms with Crippen molar-refractivity contribution in [2.75, 3.05) is 36.4 Å². The van der Waals surface area contributed by atoms with Crippen LogP contribution in [0.1, 0.15) is 47.0 Å². The van der Waals surface area contributed by atoms with E-state index in [0.29, 0.717) is 0 Å². The third-order valence-corrected chi connectivity index (χ3v) is 5.11. The number of rotatable bonds is 3. The molecule has 1 amide bonds. The number of para-hydroxylation sites is 2. The van der Waals surface area contributed by atoms with E-state index in [2.05, 4.69) is 56.1 Å². The highest BCUT2D eigenvalue weighted by atomic mass is 16.2. The fourth-order valence-corrected chi connectivity index (χ4v) is 3.94. The molecule has 0 atom stereocenters. The number of nitrogens with zero attached hydrogens (tertiary/aromatic N) is 2. The zero-order chi connectivity index (χ0) is 17.4. The highest BCUT2D eigenvalue weighted by molar-refractivity contribution is 6.08. The van der Waals surface area contributed by atoms with E-state index < -0.39 is 5.54 Å². The molecule has 0 saturated carbocycles. The summed E-state index contributed by atoms with van der Waals surface area (Å²) in [7, 11) is 0. The van der Waals surface area contributed by atoms with Gasteiger partial charge in [0.05, 0.1) is 11.4 Å². The Morgan fingerprint density at radius 2 is 1.83 bits per heavy atom. The van der Waals surface area contributed by atoms with Crippen LogP contribution in [0.5, 0.6) is 0 Å². The monoisotopic (exact) mass is 329 g/mol. The number of amides is 1. The predicted octanol–water partition coefficient (Wildman–Crippen LogP) is 3.74. The third kappa shape index (κ3) is 3.30. The largest absolute Gasteiger partial charge is 0.369 e. The molecular weight excluding hydrogens is 298 g/mol. The van der Waals surface area contributed by atoms with Gasteiger partial charge in [-0.05, 0) is 43.4 Å². The average molecular weight is 329 g/mol. The summed E-state index contributed by atoms with van der Waals surface area (Å²) in [6, 6.07) is 8.24. The van der Waals surface area contributed by atoms with Crippen LogP contribution in [0.15, 0.2) is 24.3 Å².